The van der Waals surface area contributed by atoms with Crippen molar-refractivity contribution in [2.24, 2.45) is 0 Å². The van der Waals surface area contributed by atoms with Gasteiger partial charge in [-0.15, -0.1) is 0 Å². The summed E-state index contributed by atoms with van der Waals surface area (Å²) < 4.78 is 11.0. The fourth-order valence-corrected chi connectivity index (χ4v) is 2.64. The van der Waals surface area contributed by atoms with Gasteiger partial charge in [-0.05, 0) is 31.9 Å². The summed E-state index contributed by atoms with van der Waals surface area (Å²) in [4.78, 5) is 11.7. The fourth-order valence-electron chi connectivity index (χ4n) is 2.64. The number of hydrogen-bond acceptors (Lipinski definition) is 4. The minimum absolute atomic E-state index is 0.222. The lowest BCUT2D eigenvalue weighted by Crippen LogP contribution is -2.36. The molecule has 4 heteroatoms. The minimum Gasteiger partial charge on any atom is -0.489 e. The van der Waals surface area contributed by atoms with Crippen LogP contribution in [-0.2, 0) is 4.74 Å². The van der Waals surface area contributed by atoms with Crippen LogP contribution in [0.5, 0.6) is 5.75 Å². The average molecular weight is 247 g/mol. The molecule has 2 unspecified atom stereocenters. The van der Waals surface area contributed by atoms with Gasteiger partial charge in [0.2, 0.25) is 0 Å². The Kier molecular flexibility index (Phi) is 2.96. The van der Waals surface area contributed by atoms with Crippen molar-refractivity contribution in [2.75, 3.05) is 13.2 Å². The van der Waals surface area contributed by atoms with Gasteiger partial charge in [-0.2, -0.15) is 0 Å². The molecule has 0 aliphatic carbocycles. The molecule has 1 aromatic carbocycles. The average Bonchev–Trinajstić information content (AvgIpc) is 2.67. The molecule has 3 heterocycles. The number of piperidine rings is 1. The summed E-state index contributed by atoms with van der Waals surface area (Å²) in [7, 11) is 0. The van der Waals surface area contributed by atoms with Crippen molar-refractivity contribution < 1.29 is 14.3 Å². The molecular weight excluding hydrogens is 230 g/mol. The molecule has 0 radical (unpaired) electrons. The minimum atomic E-state index is -0.284. The van der Waals surface area contributed by atoms with E-state index in [1.807, 2.05) is 25.1 Å². The number of benzene rings is 1. The van der Waals surface area contributed by atoms with Gasteiger partial charge in [0.25, 0.3) is 0 Å². The Morgan fingerprint density at radius 1 is 1.50 bits per heavy atom. The molecule has 4 rings (SSSR count). The molecule has 0 saturated carbocycles. The van der Waals surface area contributed by atoms with Gasteiger partial charge in [-0.1, -0.05) is 6.07 Å². The van der Waals surface area contributed by atoms with E-state index in [-0.39, 0.29) is 12.1 Å². The zero-order chi connectivity index (χ0) is 12.5. The summed E-state index contributed by atoms with van der Waals surface area (Å²) in [5, 5.41) is 3.47. The van der Waals surface area contributed by atoms with Crippen LogP contribution >= 0.6 is 0 Å². The first kappa shape index (κ1) is 11.5. The molecule has 1 N–H and O–H groups in total. The van der Waals surface area contributed by atoms with E-state index in [4.69, 9.17) is 9.47 Å². The van der Waals surface area contributed by atoms with Crippen molar-refractivity contribution in [2.45, 2.75) is 31.9 Å². The monoisotopic (exact) mass is 247 g/mol. The first-order valence-electron chi connectivity index (χ1n) is 6.49. The van der Waals surface area contributed by atoms with Gasteiger partial charge in [0.1, 0.15) is 11.9 Å². The summed E-state index contributed by atoms with van der Waals surface area (Å²) in [6.45, 7) is 3.08. The number of carbonyl (C=O) groups excluding carboxylic acids is 1. The Morgan fingerprint density at radius 3 is 3.11 bits per heavy atom. The first-order valence-corrected chi connectivity index (χ1v) is 6.49. The molecule has 3 aliphatic rings. The van der Waals surface area contributed by atoms with E-state index in [9.17, 15) is 4.79 Å². The van der Waals surface area contributed by atoms with Gasteiger partial charge < -0.3 is 14.8 Å². The number of rotatable bonds is 2. The molecule has 0 amide bonds. The molecule has 1 aromatic rings. The van der Waals surface area contributed by atoms with Crippen LogP contribution in [0.1, 0.15) is 41.7 Å². The van der Waals surface area contributed by atoms with Crippen LogP contribution in [0.15, 0.2) is 18.2 Å². The second-order valence-electron chi connectivity index (χ2n) is 4.75. The zero-order valence-electron chi connectivity index (χ0n) is 10.4. The molecule has 4 nitrogen and oxygen atoms in total. The number of ether oxygens (including phenoxy) is 2. The van der Waals surface area contributed by atoms with Crippen molar-refractivity contribution in [1.29, 1.82) is 0 Å². The standard InChI is InChI=1S/C14H17NO3/c1-2-17-14(16)9-3-5-11-12-6-4-10(8-15-12)18-13(11)7-9/h3,5,7,10,12,15H,2,4,6,8H2,1H3. The van der Waals surface area contributed by atoms with Crippen LogP contribution in [0, 0.1) is 0 Å². The molecular formula is C14H17NO3. The van der Waals surface area contributed by atoms with Crippen molar-refractivity contribution in [1.82, 2.24) is 5.32 Å². The molecule has 18 heavy (non-hydrogen) atoms. The molecule has 1 fully saturated rings. The lowest BCUT2D eigenvalue weighted by atomic mass is 9.97. The molecule has 1 saturated heterocycles. The quantitative estimate of drug-likeness (QED) is 0.812. The topological polar surface area (TPSA) is 47.6 Å². The highest BCUT2D eigenvalue weighted by Gasteiger charge is 2.30. The van der Waals surface area contributed by atoms with E-state index in [1.165, 1.54) is 0 Å². The van der Waals surface area contributed by atoms with Crippen LogP contribution in [0.3, 0.4) is 0 Å². The van der Waals surface area contributed by atoms with E-state index in [0.717, 1.165) is 30.7 Å². The van der Waals surface area contributed by atoms with Crippen molar-refractivity contribution in [3.8, 4) is 5.75 Å². The number of esters is 1. The highest BCUT2D eigenvalue weighted by molar-refractivity contribution is 5.90. The molecule has 2 atom stereocenters. The second kappa shape index (κ2) is 4.61. The lowest BCUT2D eigenvalue weighted by Gasteiger charge is -2.23. The van der Waals surface area contributed by atoms with Crippen LogP contribution in [0.25, 0.3) is 0 Å². The summed E-state index contributed by atoms with van der Waals surface area (Å²) >= 11 is 0. The van der Waals surface area contributed by atoms with E-state index in [2.05, 4.69) is 5.32 Å². The van der Waals surface area contributed by atoms with E-state index in [0.29, 0.717) is 18.2 Å². The second-order valence-corrected chi connectivity index (χ2v) is 4.75. The largest absolute Gasteiger partial charge is 0.489 e. The van der Waals surface area contributed by atoms with Crippen LogP contribution < -0.4 is 10.1 Å². The Bertz CT molecular complexity index is 464. The predicted octanol–water partition coefficient (Wildman–Crippen LogP) is 2.05. The van der Waals surface area contributed by atoms with Crippen molar-refractivity contribution >= 4 is 5.97 Å². The van der Waals surface area contributed by atoms with Crippen LogP contribution in [-0.4, -0.2) is 25.2 Å². The highest BCUT2D eigenvalue weighted by atomic mass is 16.5. The maximum Gasteiger partial charge on any atom is 0.338 e. The molecule has 3 aliphatic heterocycles. The maximum atomic E-state index is 11.7. The fraction of sp³-hybridized carbons (Fsp3) is 0.500. The van der Waals surface area contributed by atoms with Gasteiger partial charge in [-0.25, -0.2) is 4.79 Å². The van der Waals surface area contributed by atoms with Gasteiger partial charge in [0.05, 0.1) is 12.2 Å². The zero-order valence-corrected chi connectivity index (χ0v) is 10.4. The van der Waals surface area contributed by atoms with Crippen molar-refractivity contribution in [3.63, 3.8) is 0 Å². The molecule has 96 valence electrons. The normalized spacial score (nSPS) is 24.9. The Balaban J connectivity index is 1.94. The summed E-state index contributed by atoms with van der Waals surface area (Å²) in [5.74, 6) is 0.548. The maximum absolute atomic E-state index is 11.7. The van der Waals surface area contributed by atoms with E-state index in [1.54, 1.807) is 0 Å². The number of fused-ring (bicyclic) bond motifs is 2. The van der Waals surface area contributed by atoms with E-state index < -0.39 is 0 Å². The van der Waals surface area contributed by atoms with Crippen LogP contribution in [0.4, 0.5) is 0 Å². The predicted molar refractivity (Wildman–Crippen MR) is 66.8 cm³/mol. The Hall–Kier alpha value is -1.55. The summed E-state index contributed by atoms with van der Waals surface area (Å²) in [5.41, 5.74) is 1.72. The molecule has 2 bridgehead atoms. The third kappa shape index (κ3) is 1.97. The lowest BCUT2D eigenvalue weighted by molar-refractivity contribution is 0.0525. The highest BCUT2D eigenvalue weighted by Crippen LogP contribution is 2.36. The number of carbonyl (C=O) groups is 1. The first-order chi connectivity index (χ1) is 8.78. The van der Waals surface area contributed by atoms with Gasteiger partial charge >= 0.3 is 5.97 Å². The van der Waals surface area contributed by atoms with Gasteiger partial charge in [0, 0.05) is 18.2 Å². The molecule has 0 spiro atoms. The third-order valence-corrected chi connectivity index (χ3v) is 3.56. The van der Waals surface area contributed by atoms with Gasteiger partial charge in [0.15, 0.2) is 0 Å². The van der Waals surface area contributed by atoms with Gasteiger partial charge in [-0.3, -0.25) is 0 Å². The summed E-state index contributed by atoms with van der Waals surface area (Å²) in [6.07, 6.45) is 2.39. The smallest absolute Gasteiger partial charge is 0.338 e. The Morgan fingerprint density at radius 2 is 2.39 bits per heavy atom. The number of hydrogen-bond donors (Lipinski definition) is 1. The summed E-state index contributed by atoms with van der Waals surface area (Å²) in [6, 6.07) is 5.97. The third-order valence-electron chi connectivity index (χ3n) is 3.56. The Labute approximate surface area is 106 Å². The van der Waals surface area contributed by atoms with E-state index >= 15 is 0 Å². The SMILES string of the molecule is CCOC(=O)c1ccc2c(c1)OC1CCC2NC1. The molecule has 0 aromatic heterocycles. The number of nitrogens with one attached hydrogen (secondary N) is 1. The van der Waals surface area contributed by atoms with Crippen molar-refractivity contribution in [3.05, 3.63) is 29.3 Å². The van der Waals surface area contributed by atoms with Crippen LogP contribution in [0.2, 0.25) is 0 Å².